The average molecular weight is 254 g/mol. The zero-order valence-corrected chi connectivity index (χ0v) is 12.5. The van der Waals surface area contributed by atoms with E-state index >= 15 is 0 Å². The highest BCUT2D eigenvalue weighted by atomic mass is 16.1. The van der Waals surface area contributed by atoms with Crippen LogP contribution in [0.1, 0.15) is 85.0 Å². The quantitative estimate of drug-likeness (QED) is 0.287. The molecule has 2 nitrogen and oxygen atoms in total. The van der Waals surface area contributed by atoms with E-state index in [0.29, 0.717) is 0 Å². The van der Waals surface area contributed by atoms with Crippen molar-refractivity contribution in [1.29, 1.82) is 0 Å². The van der Waals surface area contributed by atoms with Crippen molar-refractivity contribution in [3.63, 3.8) is 0 Å². The molecule has 0 aliphatic rings. The molecule has 0 heterocycles. The Bertz CT molecular complexity index is 235. The number of aldehydes is 1. The van der Waals surface area contributed by atoms with Gasteiger partial charge in [-0.25, -0.2) is 0 Å². The van der Waals surface area contributed by atoms with Crippen LogP contribution in [0.2, 0.25) is 0 Å². The predicted octanol–water partition coefficient (Wildman–Crippen LogP) is 4.70. The van der Waals surface area contributed by atoms with Crippen molar-refractivity contribution in [2.24, 2.45) is 5.41 Å². The molecule has 0 aliphatic heterocycles. The molecule has 1 atom stereocenters. The molecule has 0 radical (unpaired) electrons. The first kappa shape index (κ1) is 17.3. The molecule has 106 valence electrons. The van der Waals surface area contributed by atoms with Crippen molar-refractivity contribution in [3.05, 3.63) is 0 Å². The summed E-state index contributed by atoms with van der Waals surface area (Å²) < 4.78 is 0. The number of hydrogen-bond donors (Lipinski definition) is 0. The molecule has 0 fully saturated rings. The van der Waals surface area contributed by atoms with Crippen LogP contribution >= 0.6 is 0 Å². The molecule has 0 saturated heterocycles. The minimum absolute atomic E-state index is 0.0937. The molecule has 18 heavy (non-hydrogen) atoms. The van der Waals surface area contributed by atoms with Gasteiger partial charge in [-0.05, 0) is 12.8 Å². The maximum Gasteiger partial charge on any atom is 0.145 e. The first-order valence-electron chi connectivity index (χ1n) is 7.57. The van der Waals surface area contributed by atoms with Gasteiger partial charge in [0.15, 0.2) is 0 Å². The van der Waals surface area contributed by atoms with E-state index in [1.807, 2.05) is 0 Å². The third kappa shape index (κ3) is 6.93. The normalized spacial score (nSPS) is 14.2. The van der Waals surface area contributed by atoms with E-state index in [0.717, 1.165) is 32.0 Å². The molecule has 0 saturated carbocycles. The Labute approximate surface area is 113 Å². The Morgan fingerprint density at radius 2 is 1.44 bits per heavy atom. The molecular weight excluding hydrogens is 224 g/mol. The van der Waals surface area contributed by atoms with Crippen molar-refractivity contribution in [2.75, 3.05) is 0 Å². The molecule has 0 amide bonds. The van der Waals surface area contributed by atoms with Crippen LogP contribution in [0.4, 0.5) is 0 Å². The second-order valence-electron chi connectivity index (χ2n) is 5.62. The van der Waals surface area contributed by atoms with Crippen LogP contribution < -0.4 is 0 Å². The molecule has 0 aromatic carbocycles. The second kappa shape index (κ2) is 10.3. The Morgan fingerprint density at radius 1 is 0.944 bits per heavy atom. The lowest BCUT2D eigenvalue weighted by Crippen LogP contribution is -2.28. The molecule has 1 unspecified atom stereocenters. The average Bonchev–Trinajstić information content (AvgIpc) is 2.35. The van der Waals surface area contributed by atoms with Crippen molar-refractivity contribution < 1.29 is 9.59 Å². The maximum atomic E-state index is 12.1. The van der Waals surface area contributed by atoms with Gasteiger partial charge < -0.3 is 4.79 Å². The first-order chi connectivity index (χ1) is 8.60. The lowest BCUT2D eigenvalue weighted by Gasteiger charge is -2.27. The van der Waals surface area contributed by atoms with Crippen LogP contribution in [-0.2, 0) is 9.59 Å². The zero-order chi connectivity index (χ0) is 13.9. The van der Waals surface area contributed by atoms with Crippen LogP contribution in [0, 0.1) is 5.41 Å². The van der Waals surface area contributed by atoms with E-state index in [4.69, 9.17) is 0 Å². The van der Waals surface area contributed by atoms with E-state index in [-0.39, 0.29) is 17.6 Å². The highest BCUT2D eigenvalue weighted by molar-refractivity contribution is 5.93. The number of hydrogen-bond acceptors (Lipinski definition) is 2. The molecular formula is C16H30O2. The summed E-state index contributed by atoms with van der Waals surface area (Å²) in [5, 5.41) is 0. The van der Waals surface area contributed by atoms with E-state index < -0.39 is 0 Å². The smallest absolute Gasteiger partial charge is 0.145 e. The van der Waals surface area contributed by atoms with Crippen LogP contribution in [0.15, 0.2) is 0 Å². The number of ketones is 1. The standard InChI is InChI=1S/C16H30O2/c1-4-6-8-10-13-16(3,12-9-7-5-2)15(18)11-14-17/h14H,4-13H2,1-3H3. The van der Waals surface area contributed by atoms with E-state index in [1.54, 1.807) is 0 Å². The zero-order valence-electron chi connectivity index (χ0n) is 12.5. The monoisotopic (exact) mass is 254 g/mol. The van der Waals surface area contributed by atoms with E-state index in [2.05, 4.69) is 20.8 Å². The lowest BCUT2D eigenvalue weighted by atomic mass is 9.75. The fraction of sp³-hybridized carbons (Fsp3) is 0.875. The summed E-state index contributed by atoms with van der Waals surface area (Å²) >= 11 is 0. The first-order valence-corrected chi connectivity index (χ1v) is 7.57. The van der Waals surface area contributed by atoms with Crippen molar-refractivity contribution >= 4 is 12.1 Å². The summed E-state index contributed by atoms with van der Waals surface area (Å²) in [7, 11) is 0. The lowest BCUT2D eigenvalue weighted by molar-refractivity contribution is -0.130. The highest BCUT2D eigenvalue weighted by Crippen LogP contribution is 2.33. The fourth-order valence-corrected chi connectivity index (χ4v) is 2.43. The summed E-state index contributed by atoms with van der Waals surface area (Å²) in [6.07, 6.45) is 11.0. The fourth-order valence-electron chi connectivity index (χ4n) is 2.43. The highest BCUT2D eigenvalue weighted by Gasteiger charge is 2.30. The predicted molar refractivity (Wildman–Crippen MR) is 76.7 cm³/mol. The number of carbonyl (C=O) groups is 2. The Kier molecular flexibility index (Phi) is 9.90. The summed E-state index contributed by atoms with van der Waals surface area (Å²) in [6.45, 7) is 6.42. The Hall–Kier alpha value is -0.660. The van der Waals surface area contributed by atoms with Crippen molar-refractivity contribution in [3.8, 4) is 0 Å². The van der Waals surface area contributed by atoms with Crippen molar-refractivity contribution in [2.45, 2.75) is 85.0 Å². The van der Waals surface area contributed by atoms with Crippen LogP contribution in [0.5, 0.6) is 0 Å². The van der Waals surface area contributed by atoms with Gasteiger partial charge in [0, 0.05) is 5.41 Å². The van der Waals surface area contributed by atoms with Gasteiger partial charge in [0.1, 0.15) is 12.1 Å². The van der Waals surface area contributed by atoms with Crippen LogP contribution in [-0.4, -0.2) is 12.1 Å². The minimum atomic E-state index is -0.260. The molecule has 0 spiro atoms. The van der Waals surface area contributed by atoms with Gasteiger partial charge in [0.2, 0.25) is 0 Å². The Morgan fingerprint density at radius 3 is 1.94 bits per heavy atom. The molecule has 2 heteroatoms. The van der Waals surface area contributed by atoms with Gasteiger partial charge in [-0.15, -0.1) is 0 Å². The third-order valence-corrected chi connectivity index (χ3v) is 3.86. The molecule has 0 aliphatic carbocycles. The SMILES string of the molecule is CCCCCCC(C)(CCCCC)C(=O)CC=O. The molecule has 0 N–H and O–H groups in total. The third-order valence-electron chi connectivity index (χ3n) is 3.86. The van der Waals surface area contributed by atoms with Crippen LogP contribution in [0.25, 0.3) is 0 Å². The van der Waals surface area contributed by atoms with Gasteiger partial charge in [0.25, 0.3) is 0 Å². The van der Waals surface area contributed by atoms with Gasteiger partial charge in [-0.2, -0.15) is 0 Å². The van der Waals surface area contributed by atoms with Gasteiger partial charge in [-0.1, -0.05) is 65.7 Å². The largest absolute Gasteiger partial charge is 0.303 e. The van der Waals surface area contributed by atoms with E-state index in [1.165, 1.54) is 32.1 Å². The number of rotatable bonds is 12. The summed E-state index contributed by atoms with van der Waals surface area (Å²) in [5.74, 6) is 0.144. The summed E-state index contributed by atoms with van der Waals surface area (Å²) in [5.41, 5.74) is -0.260. The number of unbranched alkanes of at least 4 members (excludes halogenated alkanes) is 5. The van der Waals surface area contributed by atoms with Gasteiger partial charge >= 0.3 is 0 Å². The van der Waals surface area contributed by atoms with E-state index in [9.17, 15) is 9.59 Å². The second-order valence-corrected chi connectivity index (χ2v) is 5.62. The molecule has 0 rings (SSSR count). The summed E-state index contributed by atoms with van der Waals surface area (Å²) in [6, 6.07) is 0. The van der Waals surface area contributed by atoms with Gasteiger partial charge in [-0.3, -0.25) is 4.79 Å². The molecule has 0 aromatic rings. The maximum absolute atomic E-state index is 12.1. The molecule has 0 bridgehead atoms. The van der Waals surface area contributed by atoms with Crippen molar-refractivity contribution in [1.82, 2.24) is 0 Å². The molecule has 0 aromatic heterocycles. The number of Topliss-reactive ketones (excluding diaryl/α,β-unsaturated/α-hetero) is 1. The topological polar surface area (TPSA) is 34.1 Å². The Balaban J connectivity index is 4.28. The van der Waals surface area contributed by atoms with Crippen LogP contribution in [0.3, 0.4) is 0 Å². The summed E-state index contributed by atoms with van der Waals surface area (Å²) in [4.78, 5) is 22.6. The van der Waals surface area contributed by atoms with Gasteiger partial charge in [0.05, 0.1) is 6.42 Å². The minimum Gasteiger partial charge on any atom is -0.303 e. The number of carbonyl (C=O) groups excluding carboxylic acids is 2.